The number of ether oxygens (including phenoxy) is 1. The molecule has 2 aromatic rings. The Morgan fingerprint density at radius 1 is 1.26 bits per heavy atom. The molecule has 3 rings (SSSR count). The number of hydrogen-bond donors (Lipinski definition) is 0. The van der Waals surface area contributed by atoms with E-state index in [1.165, 1.54) is 5.56 Å². The molecular weight excluding hydrogens is 306 g/mol. The van der Waals surface area contributed by atoms with Gasteiger partial charge in [0.2, 0.25) is 0 Å². The van der Waals surface area contributed by atoms with Crippen LogP contribution in [0.25, 0.3) is 0 Å². The third-order valence-corrected chi connectivity index (χ3v) is 3.56. The number of fused-ring (bicyclic) bond motifs is 1. The van der Waals surface area contributed by atoms with Crippen LogP contribution in [0.3, 0.4) is 0 Å². The van der Waals surface area contributed by atoms with Gasteiger partial charge in [-0.3, -0.25) is 4.90 Å². The van der Waals surface area contributed by atoms with Gasteiger partial charge in [0.25, 0.3) is 0 Å². The predicted molar refractivity (Wildman–Crippen MR) is 75.8 cm³/mol. The standard InChI is InChI=1S/C14H14BrN3O/c15-12-2-3-13-11(8-12)9-18(6-7-19-13)10-14-16-4-1-5-17-14/h1-5,8H,6-7,9-10H2. The van der Waals surface area contributed by atoms with E-state index in [4.69, 9.17) is 4.74 Å². The van der Waals surface area contributed by atoms with Gasteiger partial charge in [0.1, 0.15) is 18.2 Å². The quantitative estimate of drug-likeness (QED) is 0.853. The summed E-state index contributed by atoms with van der Waals surface area (Å²) in [7, 11) is 0. The molecule has 2 heterocycles. The van der Waals surface area contributed by atoms with Crippen LogP contribution in [0.5, 0.6) is 5.75 Å². The molecule has 1 aliphatic heterocycles. The maximum atomic E-state index is 5.77. The molecule has 0 saturated carbocycles. The van der Waals surface area contributed by atoms with Crippen molar-refractivity contribution in [1.29, 1.82) is 0 Å². The Balaban J connectivity index is 1.78. The molecule has 19 heavy (non-hydrogen) atoms. The van der Waals surface area contributed by atoms with Crippen LogP contribution in [0.15, 0.2) is 41.1 Å². The smallest absolute Gasteiger partial charge is 0.142 e. The fraction of sp³-hybridized carbons (Fsp3) is 0.286. The van der Waals surface area contributed by atoms with Gasteiger partial charge in [0, 0.05) is 35.5 Å². The second-order valence-corrected chi connectivity index (χ2v) is 5.39. The van der Waals surface area contributed by atoms with Gasteiger partial charge >= 0.3 is 0 Å². The normalized spacial score (nSPS) is 15.4. The molecule has 0 spiro atoms. The minimum Gasteiger partial charge on any atom is -0.492 e. The van der Waals surface area contributed by atoms with E-state index < -0.39 is 0 Å². The van der Waals surface area contributed by atoms with Crippen LogP contribution in [0.4, 0.5) is 0 Å². The van der Waals surface area contributed by atoms with Crippen LogP contribution in [-0.2, 0) is 13.1 Å². The van der Waals surface area contributed by atoms with Crippen molar-refractivity contribution in [2.24, 2.45) is 0 Å². The summed E-state index contributed by atoms with van der Waals surface area (Å²) in [5.41, 5.74) is 1.20. The lowest BCUT2D eigenvalue weighted by Crippen LogP contribution is -2.26. The van der Waals surface area contributed by atoms with E-state index in [0.29, 0.717) is 6.61 Å². The fourth-order valence-electron chi connectivity index (χ4n) is 2.16. The van der Waals surface area contributed by atoms with Crippen LogP contribution in [0.2, 0.25) is 0 Å². The lowest BCUT2D eigenvalue weighted by Gasteiger charge is -2.18. The molecule has 0 atom stereocenters. The van der Waals surface area contributed by atoms with Gasteiger partial charge in [0.15, 0.2) is 0 Å². The molecular formula is C14H14BrN3O. The van der Waals surface area contributed by atoms with Gasteiger partial charge in [-0.2, -0.15) is 0 Å². The second kappa shape index (κ2) is 5.67. The molecule has 1 aromatic carbocycles. The zero-order chi connectivity index (χ0) is 13.1. The number of nitrogens with zero attached hydrogens (tertiary/aromatic N) is 3. The maximum absolute atomic E-state index is 5.77. The third-order valence-electron chi connectivity index (χ3n) is 3.07. The number of aromatic nitrogens is 2. The zero-order valence-electron chi connectivity index (χ0n) is 10.4. The Morgan fingerprint density at radius 3 is 2.95 bits per heavy atom. The molecule has 0 unspecified atom stereocenters. The highest BCUT2D eigenvalue weighted by Crippen LogP contribution is 2.26. The van der Waals surface area contributed by atoms with Crippen LogP contribution in [-0.4, -0.2) is 28.0 Å². The molecule has 98 valence electrons. The molecule has 1 aliphatic rings. The fourth-order valence-corrected chi connectivity index (χ4v) is 2.57. The summed E-state index contributed by atoms with van der Waals surface area (Å²) in [5, 5.41) is 0. The Bertz CT molecular complexity index is 562. The third kappa shape index (κ3) is 3.11. The van der Waals surface area contributed by atoms with E-state index in [0.717, 1.165) is 35.7 Å². The van der Waals surface area contributed by atoms with Crippen LogP contribution in [0.1, 0.15) is 11.4 Å². The van der Waals surface area contributed by atoms with Gasteiger partial charge < -0.3 is 4.74 Å². The van der Waals surface area contributed by atoms with Crippen LogP contribution in [0, 0.1) is 0 Å². The lowest BCUT2D eigenvalue weighted by atomic mass is 10.2. The van der Waals surface area contributed by atoms with Crippen molar-refractivity contribution < 1.29 is 4.74 Å². The van der Waals surface area contributed by atoms with Crippen molar-refractivity contribution >= 4 is 15.9 Å². The Labute approximate surface area is 120 Å². The van der Waals surface area contributed by atoms with Crippen molar-refractivity contribution in [2.45, 2.75) is 13.1 Å². The molecule has 0 bridgehead atoms. The first-order valence-corrected chi connectivity index (χ1v) is 7.00. The number of halogens is 1. The maximum Gasteiger partial charge on any atom is 0.142 e. The molecule has 5 heteroatoms. The average Bonchev–Trinajstić information content (AvgIpc) is 2.61. The van der Waals surface area contributed by atoms with Crippen molar-refractivity contribution in [1.82, 2.24) is 14.9 Å². The Kier molecular flexibility index (Phi) is 3.75. The molecule has 0 fully saturated rings. The highest BCUT2D eigenvalue weighted by Gasteiger charge is 2.16. The van der Waals surface area contributed by atoms with Gasteiger partial charge in [-0.1, -0.05) is 15.9 Å². The van der Waals surface area contributed by atoms with Crippen LogP contribution < -0.4 is 4.74 Å². The van der Waals surface area contributed by atoms with E-state index in [-0.39, 0.29) is 0 Å². The first-order chi connectivity index (χ1) is 9.31. The summed E-state index contributed by atoms with van der Waals surface area (Å²) in [6, 6.07) is 7.97. The summed E-state index contributed by atoms with van der Waals surface area (Å²) in [4.78, 5) is 10.8. The molecule has 0 radical (unpaired) electrons. The monoisotopic (exact) mass is 319 g/mol. The zero-order valence-corrected chi connectivity index (χ0v) is 12.0. The van der Waals surface area contributed by atoms with Gasteiger partial charge in [-0.15, -0.1) is 0 Å². The van der Waals surface area contributed by atoms with Crippen molar-refractivity contribution in [3.05, 3.63) is 52.5 Å². The van der Waals surface area contributed by atoms with E-state index >= 15 is 0 Å². The highest BCUT2D eigenvalue weighted by atomic mass is 79.9. The Morgan fingerprint density at radius 2 is 2.11 bits per heavy atom. The molecule has 0 aliphatic carbocycles. The minimum atomic E-state index is 0.696. The summed E-state index contributed by atoms with van der Waals surface area (Å²) < 4.78 is 6.84. The van der Waals surface area contributed by atoms with Crippen molar-refractivity contribution in [3.63, 3.8) is 0 Å². The SMILES string of the molecule is Brc1ccc2c(c1)CN(Cc1ncccn1)CCO2. The van der Waals surface area contributed by atoms with Crippen molar-refractivity contribution in [2.75, 3.05) is 13.2 Å². The molecule has 0 amide bonds. The van der Waals surface area contributed by atoms with Gasteiger partial charge in [0.05, 0.1) is 6.54 Å². The largest absolute Gasteiger partial charge is 0.492 e. The van der Waals surface area contributed by atoms with Gasteiger partial charge in [-0.05, 0) is 24.3 Å². The van der Waals surface area contributed by atoms with E-state index in [1.807, 2.05) is 18.2 Å². The number of benzene rings is 1. The van der Waals surface area contributed by atoms with E-state index in [2.05, 4.69) is 36.9 Å². The lowest BCUT2D eigenvalue weighted by molar-refractivity contribution is 0.215. The van der Waals surface area contributed by atoms with E-state index in [9.17, 15) is 0 Å². The number of rotatable bonds is 2. The molecule has 0 N–H and O–H groups in total. The number of hydrogen-bond acceptors (Lipinski definition) is 4. The summed E-state index contributed by atoms with van der Waals surface area (Å²) in [6.07, 6.45) is 3.56. The Hall–Kier alpha value is -1.46. The van der Waals surface area contributed by atoms with Crippen LogP contribution >= 0.6 is 15.9 Å². The average molecular weight is 320 g/mol. The summed E-state index contributed by atoms with van der Waals surface area (Å²) in [5.74, 6) is 1.82. The van der Waals surface area contributed by atoms with Crippen molar-refractivity contribution in [3.8, 4) is 5.75 Å². The minimum absolute atomic E-state index is 0.696. The predicted octanol–water partition coefficient (Wildman–Crippen LogP) is 2.63. The second-order valence-electron chi connectivity index (χ2n) is 4.48. The molecule has 1 aromatic heterocycles. The van der Waals surface area contributed by atoms with E-state index in [1.54, 1.807) is 12.4 Å². The topological polar surface area (TPSA) is 38.2 Å². The summed E-state index contributed by atoms with van der Waals surface area (Å²) >= 11 is 3.50. The molecule has 0 saturated heterocycles. The molecule has 4 nitrogen and oxygen atoms in total. The first-order valence-electron chi connectivity index (χ1n) is 6.21. The summed E-state index contributed by atoms with van der Waals surface area (Å²) in [6.45, 7) is 3.18. The first kappa shape index (κ1) is 12.6. The highest BCUT2D eigenvalue weighted by molar-refractivity contribution is 9.10. The van der Waals surface area contributed by atoms with Gasteiger partial charge in [-0.25, -0.2) is 9.97 Å².